The zero-order valence-corrected chi connectivity index (χ0v) is 10.7. The number of unbranched alkanes of at least 4 members (excludes halogenated alkanes) is 1. The lowest BCUT2D eigenvalue weighted by atomic mass is 9.93. The maximum absolute atomic E-state index is 5.38. The Hall–Kier alpha value is -1.28. The van der Waals surface area contributed by atoms with Crippen molar-refractivity contribution < 1.29 is 4.42 Å². The Morgan fingerprint density at radius 2 is 2.18 bits per heavy atom. The van der Waals surface area contributed by atoms with E-state index in [9.17, 15) is 0 Å². The summed E-state index contributed by atoms with van der Waals surface area (Å²) in [7, 11) is 2.02. The number of furan rings is 1. The van der Waals surface area contributed by atoms with Crippen LogP contribution in [0.2, 0.25) is 0 Å². The second kappa shape index (κ2) is 5.87. The Labute approximate surface area is 103 Å². The molecule has 0 aliphatic heterocycles. The van der Waals surface area contributed by atoms with E-state index in [-0.39, 0.29) is 0 Å². The van der Waals surface area contributed by atoms with Crippen molar-refractivity contribution in [2.75, 3.05) is 13.6 Å². The van der Waals surface area contributed by atoms with Gasteiger partial charge in [0.1, 0.15) is 5.58 Å². The van der Waals surface area contributed by atoms with Crippen LogP contribution in [0.1, 0.15) is 37.7 Å². The molecule has 0 bridgehead atoms. The first-order chi connectivity index (χ1) is 8.35. The lowest BCUT2D eigenvalue weighted by molar-refractivity contribution is 0.555. The summed E-state index contributed by atoms with van der Waals surface area (Å²) in [6.07, 6.45) is 5.55. The number of likely N-dealkylation sites (N-methyl/N-ethyl adjacent to an activating group) is 1. The molecular weight excluding hydrogens is 210 g/mol. The normalized spacial score (nSPS) is 13.1. The number of fused-ring (bicyclic) bond motifs is 1. The molecule has 0 radical (unpaired) electrons. The predicted octanol–water partition coefficient (Wildman–Crippen LogP) is 3.93. The average molecular weight is 231 g/mol. The van der Waals surface area contributed by atoms with Gasteiger partial charge in [-0.1, -0.05) is 25.8 Å². The molecule has 2 nitrogen and oxygen atoms in total. The molecule has 1 N–H and O–H groups in total. The van der Waals surface area contributed by atoms with E-state index in [0.29, 0.717) is 5.92 Å². The summed E-state index contributed by atoms with van der Waals surface area (Å²) in [5, 5.41) is 4.50. The smallest absolute Gasteiger partial charge is 0.133 e. The molecule has 0 amide bonds. The van der Waals surface area contributed by atoms with Crippen molar-refractivity contribution in [2.24, 2.45) is 0 Å². The number of benzene rings is 1. The predicted molar refractivity (Wildman–Crippen MR) is 72.4 cm³/mol. The molecule has 0 saturated heterocycles. The molecule has 0 aliphatic rings. The largest absolute Gasteiger partial charge is 0.464 e. The van der Waals surface area contributed by atoms with Crippen molar-refractivity contribution in [3.05, 3.63) is 36.1 Å². The highest BCUT2D eigenvalue weighted by molar-refractivity contribution is 5.77. The fraction of sp³-hybridized carbons (Fsp3) is 0.467. The summed E-state index contributed by atoms with van der Waals surface area (Å²) in [6, 6.07) is 8.58. The van der Waals surface area contributed by atoms with Crippen LogP contribution in [-0.2, 0) is 0 Å². The molecule has 17 heavy (non-hydrogen) atoms. The first-order valence-corrected chi connectivity index (χ1v) is 6.47. The number of rotatable bonds is 6. The highest BCUT2D eigenvalue weighted by atomic mass is 16.3. The molecule has 0 spiro atoms. The van der Waals surface area contributed by atoms with Gasteiger partial charge in [-0.05, 0) is 43.1 Å². The summed E-state index contributed by atoms with van der Waals surface area (Å²) in [6.45, 7) is 3.29. The quantitative estimate of drug-likeness (QED) is 0.815. The monoisotopic (exact) mass is 231 g/mol. The minimum atomic E-state index is 0.610. The van der Waals surface area contributed by atoms with E-state index in [1.54, 1.807) is 6.26 Å². The van der Waals surface area contributed by atoms with Crippen LogP contribution in [0.4, 0.5) is 0 Å². The molecule has 2 aromatic rings. The molecule has 2 rings (SSSR count). The Morgan fingerprint density at radius 1 is 1.29 bits per heavy atom. The molecule has 1 heterocycles. The van der Waals surface area contributed by atoms with E-state index < -0.39 is 0 Å². The fourth-order valence-electron chi connectivity index (χ4n) is 2.32. The molecule has 0 fully saturated rings. The second-order valence-corrected chi connectivity index (χ2v) is 4.61. The Bertz CT molecular complexity index is 461. The summed E-state index contributed by atoms with van der Waals surface area (Å²) < 4.78 is 5.38. The zero-order valence-electron chi connectivity index (χ0n) is 10.7. The minimum absolute atomic E-state index is 0.610. The van der Waals surface area contributed by atoms with Gasteiger partial charge < -0.3 is 9.73 Å². The van der Waals surface area contributed by atoms with Crippen molar-refractivity contribution in [3.63, 3.8) is 0 Å². The Morgan fingerprint density at radius 3 is 2.94 bits per heavy atom. The van der Waals surface area contributed by atoms with Crippen LogP contribution in [0.3, 0.4) is 0 Å². The Kier molecular flexibility index (Phi) is 4.21. The maximum Gasteiger partial charge on any atom is 0.133 e. The number of hydrogen-bond acceptors (Lipinski definition) is 2. The summed E-state index contributed by atoms with van der Waals surface area (Å²) in [4.78, 5) is 0. The van der Waals surface area contributed by atoms with Crippen LogP contribution in [-0.4, -0.2) is 13.6 Å². The lowest BCUT2D eigenvalue weighted by Crippen LogP contribution is -2.17. The topological polar surface area (TPSA) is 25.2 Å². The van der Waals surface area contributed by atoms with Gasteiger partial charge in [-0.2, -0.15) is 0 Å². The van der Waals surface area contributed by atoms with Crippen LogP contribution in [0.15, 0.2) is 34.9 Å². The minimum Gasteiger partial charge on any atom is -0.464 e. The molecule has 0 saturated carbocycles. The van der Waals surface area contributed by atoms with E-state index in [2.05, 4.69) is 30.4 Å². The van der Waals surface area contributed by atoms with E-state index in [0.717, 1.165) is 12.1 Å². The fourth-order valence-corrected chi connectivity index (χ4v) is 2.32. The van der Waals surface area contributed by atoms with Gasteiger partial charge in [-0.25, -0.2) is 0 Å². The van der Waals surface area contributed by atoms with Gasteiger partial charge in [0.2, 0.25) is 0 Å². The van der Waals surface area contributed by atoms with Crippen molar-refractivity contribution >= 4 is 11.0 Å². The summed E-state index contributed by atoms with van der Waals surface area (Å²) >= 11 is 0. The standard InChI is InChI=1S/C15H21NO/c1-3-4-5-14(11-16-2)12-6-7-15-13(10-12)8-9-17-15/h6-10,14,16H,3-5,11H2,1-2H3. The highest BCUT2D eigenvalue weighted by Crippen LogP contribution is 2.25. The maximum atomic E-state index is 5.38. The molecule has 2 heteroatoms. The van der Waals surface area contributed by atoms with Gasteiger partial charge >= 0.3 is 0 Å². The second-order valence-electron chi connectivity index (χ2n) is 4.61. The van der Waals surface area contributed by atoms with Gasteiger partial charge in [0.25, 0.3) is 0 Å². The molecule has 92 valence electrons. The zero-order chi connectivity index (χ0) is 12.1. The van der Waals surface area contributed by atoms with E-state index in [1.165, 1.54) is 30.2 Å². The molecule has 1 aromatic heterocycles. The first kappa shape index (κ1) is 12.2. The van der Waals surface area contributed by atoms with Crippen LogP contribution in [0.5, 0.6) is 0 Å². The van der Waals surface area contributed by atoms with E-state index in [1.807, 2.05) is 13.1 Å². The van der Waals surface area contributed by atoms with Crippen molar-refractivity contribution in [3.8, 4) is 0 Å². The van der Waals surface area contributed by atoms with Gasteiger partial charge in [0, 0.05) is 11.9 Å². The third-order valence-corrected chi connectivity index (χ3v) is 3.30. The summed E-state index contributed by atoms with van der Waals surface area (Å²) in [5.74, 6) is 0.610. The first-order valence-electron chi connectivity index (χ1n) is 6.47. The number of hydrogen-bond donors (Lipinski definition) is 1. The average Bonchev–Trinajstić information content (AvgIpc) is 2.81. The van der Waals surface area contributed by atoms with Gasteiger partial charge in [0.15, 0.2) is 0 Å². The molecule has 1 aromatic carbocycles. The van der Waals surface area contributed by atoms with Crippen molar-refractivity contribution in [1.82, 2.24) is 5.32 Å². The summed E-state index contributed by atoms with van der Waals surface area (Å²) in [5.41, 5.74) is 2.40. The third kappa shape index (κ3) is 2.89. The van der Waals surface area contributed by atoms with Gasteiger partial charge in [-0.15, -0.1) is 0 Å². The van der Waals surface area contributed by atoms with Crippen molar-refractivity contribution in [2.45, 2.75) is 32.1 Å². The SMILES string of the molecule is CCCCC(CNC)c1ccc2occc2c1. The number of nitrogens with one attached hydrogen (secondary N) is 1. The van der Waals surface area contributed by atoms with E-state index in [4.69, 9.17) is 4.42 Å². The van der Waals surface area contributed by atoms with Crippen LogP contribution >= 0.6 is 0 Å². The van der Waals surface area contributed by atoms with E-state index >= 15 is 0 Å². The van der Waals surface area contributed by atoms with Crippen molar-refractivity contribution in [1.29, 1.82) is 0 Å². The lowest BCUT2D eigenvalue weighted by Gasteiger charge is -2.16. The van der Waals surface area contributed by atoms with Gasteiger partial charge in [-0.3, -0.25) is 0 Å². The third-order valence-electron chi connectivity index (χ3n) is 3.30. The van der Waals surface area contributed by atoms with Crippen LogP contribution in [0.25, 0.3) is 11.0 Å². The molecule has 1 unspecified atom stereocenters. The molecule has 1 atom stereocenters. The molecular formula is C15H21NO. The Balaban J connectivity index is 2.20. The van der Waals surface area contributed by atoms with Crippen LogP contribution < -0.4 is 5.32 Å². The van der Waals surface area contributed by atoms with Crippen LogP contribution in [0, 0.1) is 0 Å². The highest BCUT2D eigenvalue weighted by Gasteiger charge is 2.11. The molecule has 0 aliphatic carbocycles. The van der Waals surface area contributed by atoms with Gasteiger partial charge in [0.05, 0.1) is 6.26 Å².